The molecule has 8 unspecified atom stereocenters. The Bertz CT molecular complexity index is 2440. The number of hydrogen-bond donors (Lipinski definition) is 12. The number of nitrogens with two attached hydrogens (primary N) is 1. The minimum atomic E-state index is -1.27. The van der Waals surface area contributed by atoms with Crippen molar-refractivity contribution in [1.29, 1.82) is 0 Å². The van der Waals surface area contributed by atoms with Crippen LogP contribution in [0, 0.1) is 11.8 Å². The molecule has 4 rings (SSSR count). The molecule has 0 saturated carbocycles. The normalized spacial score (nSPS) is 14.7. The number of aromatic amines is 3. The van der Waals surface area contributed by atoms with Crippen LogP contribution in [-0.4, -0.2) is 138 Å². The maximum atomic E-state index is 14.1. The van der Waals surface area contributed by atoms with Crippen LogP contribution in [0.15, 0.2) is 55.5 Å². The second kappa shape index (κ2) is 27.2. The van der Waals surface area contributed by atoms with Gasteiger partial charge in [-0.15, -0.1) is 0 Å². The van der Waals surface area contributed by atoms with E-state index in [0.717, 1.165) is 10.9 Å². The fourth-order valence-electron chi connectivity index (χ4n) is 7.53. The summed E-state index contributed by atoms with van der Waals surface area (Å²) in [6, 6.07) is -1.95. The Morgan fingerprint density at radius 2 is 1.08 bits per heavy atom. The van der Waals surface area contributed by atoms with Gasteiger partial charge < -0.3 is 63.2 Å². The number of imidazole rings is 2. The number of H-pyrrole nitrogens is 3. The van der Waals surface area contributed by atoms with Crippen molar-refractivity contribution in [3.05, 3.63) is 72.5 Å². The zero-order chi connectivity index (χ0) is 52.4. The molecule has 4 aromatic rings. The predicted molar refractivity (Wildman–Crippen MR) is 266 cm³/mol. The first-order valence-electron chi connectivity index (χ1n) is 23.3. The smallest absolute Gasteiger partial charge is 0.243 e. The van der Waals surface area contributed by atoms with Crippen molar-refractivity contribution in [2.75, 3.05) is 12.0 Å². The molecule has 71 heavy (non-hydrogen) atoms. The first kappa shape index (κ1) is 56.3. The highest BCUT2D eigenvalue weighted by Crippen LogP contribution is 2.20. The minimum Gasteiger partial charge on any atom is -0.368 e. The van der Waals surface area contributed by atoms with Gasteiger partial charge in [0, 0.05) is 67.1 Å². The zero-order valence-corrected chi connectivity index (χ0v) is 42.1. The van der Waals surface area contributed by atoms with Crippen LogP contribution in [0.25, 0.3) is 10.9 Å². The summed E-state index contributed by atoms with van der Waals surface area (Å²) in [7, 11) is 0. The third-order valence-electron chi connectivity index (χ3n) is 11.4. The number of amides is 9. The Labute approximate surface area is 416 Å². The van der Waals surface area contributed by atoms with Crippen LogP contribution in [0.1, 0.15) is 78.3 Å². The molecule has 3 aromatic heterocycles. The number of hydrogen-bond acceptors (Lipinski definition) is 12. The fraction of sp³-hybridized carbons (Fsp3) is 0.511. The Hall–Kier alpha value is -7.24. The topological polar surface area (TPSA) is 349 Å². The second-order valence-electron chi connectivity index (χ2n) is 18.1. The van der Waals surface area contributed by atoms with E-state index in [4.69, 9.17) is 5.73 Å². The zero-order valence-electron chi connectivity index (χ0n) is 41.3. The molecule has 0 aliphatic carbocycles. The molecule has 386 valence electrons. The lowest BCUT2D eigenvalue weighted by Crippen LogP contribution is -2.60. The molecule has 0 spiro atoms. The molecule has 0 aliphatic rings. The molecule has 0 aliphatic heterocycles. The van der Waals surface area contributed by atoms with E-state index in [1.807, 2.05) is 44.4 Å². The molecule has 0 fully saturated rings. The van der Waals surface area contributed by atoms with E-state index in [1.165, 1.54) is 57.6 Å². The van der Waals surface area contributed by atoms with Gasteiger partial charge in [-0.25, -0.2) is 9.97 Å². The third-order valence-corrected chi connectivity index (χ3v) is 12.0. The van der Waals surface area contributed by atoms with E-state index in [2.05, 4.69) is 67.5 Å². The number of para-hydroxylation sites is 1. The Morgan fingerprint density at radius 1 is 0.592 bits per heavy atom. The Kier molecular flexibility index (Phi) is 21.6. The maximum Gasteiger partial charge on any atom is 0.243 e. The van der Waals surface area contributed by atoms with Gasteiger partial charge in [-0.2, -0.15) is 11.8 Å². The Morgan fingerprint density at radius 3 is 1.62 bits per heavy atom. The van der Waals surface area contributed by atoms with Crippen LogP contribution in [0.3, 0.4) is 0 Å². The third kappa shape index (κ3) is 17.6. The maximum absolute atomic E-state index is 14.1. The summed E-state index contributed by atoms with van der Waals surface area (Å²) in [5, 5.41) is 22.1. The van der Waals surface area contributed by atoms with Gasteiger partial charge in [-0.3, -0.25) is 43.2 Å². The molecular formula is C47H68N14O9S. The minimum absolute atomic E-state index is 0.00210. The number of fused-ring (bicyclic) bond motifs is 1. The highest BCUT2D eigenvalue weighted by molar-refractivity contribution is 7.98. The van der Waals surface area contributed by atoms with E-state index in [-0.39, 0.29) is 38.0 Å². The molecule has 0 bridgehead atoms. The van der Waals surface area contributed by atoms with Crippen LogP contribution in [0.2, 0.25) is 0 Å². The van der Waals surface area contributed by atoms with Crippen LogP contribution in [-0.2, 0) is 62.4 Å². The van der Waals surface area contributed by atoms with Crippen molar-refractivity contribution in [1.82, 2.24) is 67.5 Å². The van der Waals surface area contributed by atoms with Crippen LogP contribution >= 0.6 is 11.8 Å². The Balaban J connectivity index is 1.45. The lowest BCUT2D eigenvalue weighted by atomic mass is 10.0. The molecule has 23 nitrogen and oxygen atoms in total. The molecule has 13 N–H and O–H groups in total. The number of thioether (sulfide) groups is 1. The molecule has 24 heteroatoms. The van der Waals surface area contributed by atoms with Crippen molar-refractivity contribution < 1.29 is 43.2 Å². The molecule has 9 amide bonds. The van der Waals surface area contributed by atoms with Crippen LogP contribution in [0.4, 0.5) is 0 Å². The molecule has 0 saturated heterocycles. The van der Waals surface area contributed by atoms with Crippen molar-refractivity contribution in [2.24, 2.45) is 17.6 Å². The molecule has 1 aromatic carbocycles. The van der Waals surface area contributed by atoms with Gasteiger partial charge in [-0.05, 0) is 62.2 Å². The van der Waals surface area contributed by atoms with Gasteiger partial charge in [0.25, 0.3) is 0 Å². The standard InChI is InChI=1S/C47H68N14O9S/c1-24(2)15-35(44(67)57-34(40(48)63)13-14-71-8)59-46(69)38(18-31-21-50-23-53-31)58-41(64)26(5)55-47(70)39(25(3)4)61-42(65)27(6)54-43(66)36(16-29-19-51-33-12-10-9-11-32(29)33)60-45(68)37(56-28(7)62)17-30-20-49-22-52-30/h9-12,19-27,34-39,51H,13-18H2,1-8H3,(H2,48,63)(H,49,52)(H,50,53)(H,54,66)(H,55,70)(H,56,62)(H,57,67)(H,58,64)(H,59,69)(H,60,68)(H,61,65). The largest absolute Gasteiger partial charge is 0.368 e. The molecule has 0 radical (unpaired) electrons. The van der Waals surface area contributed by atoms with Gasteiger partial charge >= 0.3 is 0 Å². The van der Waals surface area contributed by atoms with E-state index < -0.39 is 107 Å². The van der Waals surface area contributed by atoms with Gasteiger partial charge in [0.2, 0.25) is 53.2 Å². The average Bonchev–Trinajstić information content (AvgIpc) is 4.11. The fourth-order valence-corrected chi connectivity index (χ4v) is 8.00. The van der Waals surface area contributed by atoms with Crippen LogP contribution < -0.4 is 48.3 Å². The second-order valence-corrected chi connectivity index (χ2v) is 19.1. The summed E-state index contributed by atoms with van der Waals surface area (Å²) < 4.78 is 0. The SMILES string of the molecule is CSCCC(NC(=O)C(CC(C)C)NC(=O)C(Cc1cnc[nH]1)NC(=O)C(C)NC(=O)C(NC(=O)C(C)NC(=O)C(Cc1c[nH]c2ccccc12)NC(=O)C(Cc1cnc[nH]1)NC(C)=O)C(C)C)C(N)=O. The monoisotopic (exact) mass is 1000 g/mol. The highest BCUT2D eigenvalue weighted by atomic mass is 32.2. The number of carbonyl (C=O) groups excluding carboxylic acids is 9. The average molecular weight is 1010 g/mol. The predicted octanol–water partition coefficient (Wildman–Crippen LogP) is -0.479. The first-order valence-corrected chi connectivity index (χ1v) is 24.7. The lowest BCUT2D eigenvalue weighted by Gasteiger charge is -2.28. The number of nitrogens with zero attached hydrogens (tertiary/aromatic N) is 2. The first-order chi connectivity index (χ1) is 33.7. The van der Waals surface area contributed by atoms with E-state index in [0.29, 0.717) is 22.7 Å². The number of rotatable bonds is 28. The number of benzene rings is 1. The summed E-state index contributed by atoms with van der Waals surface area (Å²) in [5.41, 5.74) is 8.08. The molecule has 3 heterocycles. The molecule has 8 atom stereocenters. The van der Waals surface area contributed by atoms with Gasteiger partial charge in [-0.1, -0.05) is 45.9 Å². The summed E-state index contributed by atoms with van der Waals surface area (Å²) >= 11 is 1.48. The van der Waals surface area contributed by atoms with Crippen molar-refractivity contribution in [3.8, 4) is 0 Å². The van der Waals surface area contributed by atoms with Gasteiger partial charge in [0.1, 0.15) is 48.3 Å². The number of primary amides is 1. The van der Waals surface area contributed by atoms with E-state index in [1.54, 1.807) is 20.0 Å². The number of carbonyl (C=O) groups is 9. The summed E-state index contributed by atoms with van der Waals surface area (Å²) in [6.07, 6.45) is 9.82. The van der Waals surface area contributed by atoms with Gasteiger partial charge in [0.15, 0.2) is 0 Å². The highest BCUT2D eigenvalue weighted by Gasteiger charge is 2.34. The summed E-state index contributed by atoms with van der Waals surface area (Å²) in [5.74, 6) is -6.22. The quantitative estimate of drug-likeness (QED) is 0.0344. The van der Waals surface area contributed by atoms with Crippen molar-refractivity contribution in [2.45, 2.75) is 129 Å². The van der Waals surface area contributed by atoms with Crippen LogP contribution in [0.5, 0.6) is 0 Å². The number of nitrogens with one attached hydrogen (secondary N) is 11. The summed E-state index contributed by atoms with van der Waals surface area (Å²) in [6.45, 7) is 11.1. The molecular weight excluding hydrogens is 937 g/mol. The van der Waals surface area contributed by atoms with E-state index >= 15 is 0 Å². The lowest BCUT2D eigenvalue weighted by molar-refractivity contribution is -0.136. The number of aromatic nitrogens is 5. The van der Waals surface area contributed by atoms with Crippen molar-refractivity contribution in [3.63, 3.8) is 0 Å². The van der Waals surface area contributed by atoms with Crippen molar-refractivity contribution >= 4 is 75.8 Å². The van der Waals surface area contributed by atoms with Gasteiger partial charge in [0.05, 0.1) is 12.7 Å². The summed E-state index contributed by atoms with van der Waals surface area (Å²) in [4.78, 5) is 138. The van der Waals surface area contributed by atoms with E-state index in [9.17, 15) is 43.2 Å².